The number of hydrogen-bond acceptors (Lipinski definition) is 4. The number of aliphatic hydroxyl groups is 1. The smallest absolute Gasteiger partial charge is 0.389 e. The van der Waals surface area contributed by atoms with Crippen molar-refractivity contribution in [1.29, 1.82) is 0 Å². The Morgan fingerprint density at radius 3 is 2.58 bits per heavy atom. The standard InChI is InChI=1S/C24H31F3N4O2/c1-14-3-6-20(15(2)9-14)28-21(33)12-17(7-8-32)22-29-30-23(31(22)19-4-5-19)18-10-16(11-18)13-24(25,26)27/h3,6,9,16-19,32H,4-5,7-8,10-13H2,1-2H3,(H,28,33)/t16?,17-,18?/m0/s1. The van der Waals surface area contributed by atoms with E-state index in [1.54, 1.807) is 0 Å². The fourth-order valence-electron chi connectivity index (χ4n) is 4.88. The first kappa shape index (κ1) is 23.7. The van der Waals surface area contributed by atoms with Gasteiger partial charge in [0, 0.05) is 43.0 Å². The molecule has 6 nitrogen and oxygen atoms in total. The van der Waals surface area contributed by atoms with E-state index in [0.717, 1.165) is 35.5 Å². The topological polar surface area (TPSA) is 80.0 Å². The van der Waals surface area contributed by atoms with Crippen molar-refractivity contribution in [2.45, 2.75) is 82.8 Å². The summed E-state index contributed by atoms with van der Waals surface area (Å²) < 4.78 is 40.1. The van der Waals surface area contributed by atoms with Crippen molar-refractivity contribution in [2.75, 3.05) is 11.9 Å². The average Bonchev–Trinajstić information content (AvgIpc) is 3.44. The third-order valence-corrected chi connectivity index (χ3v) is 6.71. The molecule has 0 radical (unpaired) electrons. The van der Waals surface area contributed by atoms with Gasteiger partial charge in [-0.1, -0.05) is 17.7 Å². The number of amides is 1. The lowest BCUT2D eigenvalue weighted by atomic mass is 9.72. The Morgan fingerprint density at radius 1 is 1.24 bits per heavy atom. The van der Waals surface area contributed by atoms with E-state index in [4.69, 9.17) is 0 Å². The van der Waals surface area contributed by atoms with Gasteiger partial charge in [-0.3, -0.25) is 4.79 Å². The molecule has 1 amide bonds. The predicted octanol–water partition coefficient (Wildman–Crippen LogP) is 5.17. The maximum atomic E-state index is 12.8. The van der Waals surface area contributed by atoms with Crippen molar-refractivity contribution >= 4 is 11.6 Å². The zero-order valence-corrected chi connectivity index (χ0v) is 19.0. The van der Waals surface area contributed by atoms with Gasteiger partial charge < -0.3 is 15.0 Å². The summed E-state index contributed by atoms with van der Waals surface area (Å²) in [6.45, 7) is 3.84. The van der Waals surface area contributed by atoms with Crippen molar-refractivity contribution in [3.8, 4) is 0 Å². The lowest BCUT2D eigenvalue weighted by Gasteiger charge is -2.35. The van der Waals surface area contributed by atoms with Gasteiger partial charge in [-0.25, -0.2) is 0 Å². The number of aromatic nitrogens is 3. The number of aryl methyl sites for hydroxylation is 2. The molecule has 33 heavy (non-hydrogen) atoms. The lowest BCUT2D eigenvalue weighted by molar-refractivity contribution is -0.151. The fraction of sp³-hybridized carbons (Fsp3) is 0.625. The number of carbonyl (C=O) groups is 1. The molecule has 9 heteroatoms. The largest absolute Gasteiger partial charge is 0.396 e. The number of carbonyl (C=O) groups excluding carboxylic acids is 1. The van der Waals surface area contributed by atoms with E-state index in [-0.39, 0.29) is 42.7 Å². The number of hydrogen-bond donors (Lipinski definition) is 2. The Kier molecular flexibility index (Phi) is 6.79. The van der Waals surface area contributed by atoms with Crippen molar-refractivity contribution in [3.63, 3.8) is 0 Å². The Labute approximate surface area is 191 Å². The average molecular weight is 465 g/mol. The number of alkyl halides is 3. The van der Waals surface area contributed by atoms with Gasteiger partial charge in [0.05, 0.1) is 0 Å². The van der Waals surface area contributed by atoms with Crippen LogP contribution in [0.25, 0.3) is 0 Å². The number of aliphatic hydroxyl groups excluding tert-OH is 1. The van der Waals surface area contributed by atoms with Crippen LogP contribution in [-0.4, -0.2) is 38.6 Å². The molecule has 180 valence electrons. The second-order valence-corrected chi connectivity index (χ2v) is 9.65. The van der Waals surface area contributed by atoms with Crippen LogP contribution < -0.4 is 5.32 Å². The van der Waals surface area contributed by atoms with Crippen LogP contribution in [0.5, 0.6) is 0 Å². The number of halogens is 3. The molecule has 1 heterocycles. The number of benzene rings is 1. The zero-order valence-electron chi connectivity index (χ0n) is 19.0. The van der Waals surface area contributed by atoms with E-state index < -0.39 is 12.6 Å². The molecule has 2 aliphatic rings. The van der Waals surface area contributed by atoms with Crippen molar-refractivity contribution < 1.29 is 23.1 Å². The monoisotopic (exact) mass is 464 g/mol. The van der Waals surface area contributed by atoms with Crippen molar-refractivity contribution in [2.24, 2.45) is 5.92 Å². The third-order valence-electron chi connectivity index (χ3n) is 6.71. The molecule has 1 atom stereocenters. The molecule has 0 bridgehead atoms. The van der Waals surface area contributed by atoms with Crippen molar-refractivity contribution in [3.05, 3.63) is 41.0 Å². The van der Waals surface area contributed by atoms with Gasteiger partial charge in [0.25, 0.3) is 0 Å². The number of nitrogens with one attached hydrogen (secondary N) is 1. The summed E-state index contributed by atoms with van der Waals surface area (Å²) in [6.07, 6.45) is -1.51. The molecule has 0 unspecified atom stereocenters. The fourth-order valence-corrected chi connectivity index (χ4v) is 4.88. The third kappa shape index (κ3) is 5.75. The van der Waals surface area contributed by atoms with E-state index >= 15 is 0 Å². The first-order valence-electron chi connectivity index (χ1n) is 11.6. The molecule has 1 aromatic carbocycles. The summed E-state index contributed by atoms with van der Waals surface area (Å²) in [5.74, 6) is 0.535. The van der Waals surface area contributed by atoms with Gasteiger partial charge in [0.15, 0.2) is 0 Å². The van der Waals surface area contributed by atoms with Crippen LogP contribution >= 0.6 is 0 Å². The predicted molar refractivity (Wildman–Crippen MR) is 118 cm³/mol. The molecule has 0 aliphatic heterocycles. The minimum absolute atomic E-state index is 0.0296. The Hall–Kier alpha value is -2.42. The van der Waals surface area contributed by atoms with Crippen LogP contribution in [0.3, 0.4) is 0 Å². The molecular weight excluding hydrogens is 433 g/mol. The van der Waals surface area contributed by atoms with Crippen LogP contribution in [0, 0.1) is 19.8 Å². The Bertz CT molecular complexity index is 994. The van der Waals surface area contributed by atoms with E-state index in [0.29, 0.717) is 25.1 Å². The van der Waals surface area contributed by atoms with Crippen LogP contribution in [-0.2, 0) is 4.79 Å². The SMILES string of the molecule is Cc1ccc(NC(=O)C[C@H](CCO)c2nnc(C3CC(CC(F)(F)F)C3)n2C2CC2)c(C)c1. The van der Waals surface area contributed by atoms with E-state index in [9.17, 15) is 23.1 Å². The molecule has 0 saturated heterocycles. The summed E-state index contributed by atoms with van der Waals surface area (Å²) in [7, 11) is 0. The number of anilines is 1. The summed E-state index contributed by atoms with van der Waals surface area (Å²) in [5, 5.41) is 21.4. The Balaban J connectivity index is 1.48. The van der Waals surface area contributed by atoms with Crippen LogP contribution in [0.4, 0.5) is 18.9 Å². The second kappa shape index (κ2) is 9.44. The van der Waals surface area contributed by atoms with E-state index in [2.05, 4.69) is 20.1 Å². The van der Waals surface area contributed by atoms with Gasteiger partial charge in [0.2, 0.25) is 5.91 Å². The highest BCUT2D eigenvalue weighted by molar-refractivity contribution is 5.92. The molecule has 2 aromatic rings. The minimum atomic E-state index is -4.14. The molecule has 4 rings (SSSR count). The number of rotatable bonds is 9. The maximum absolute atomic E-state index is 12.8. The normalized spacial score (nSPS) is 21.5. The Morgan fingerprint density at radius 2 is 1.97 bits per heavy atom. The first-order chi connectivity index (χ1) is 15.6. The molecule has 2 fully saturated rings. The molecule has 0 spiro atoms. The summed E-state index contributed by atoms with van der Waals surface area (Å²) in [5.41, 5.74) is 2.84. The second-order valence-electron chi connectivity index (χ2n) is 9.65. The van der Waals surface area contributed by atoms with Gasteiger partial charge in [-0.05, 0) is 63.5 Å². The highest BCUT2D eigenvalue weighted by Gasteiger charge is 2.43. The molecule has 2 saturated carbocycles. The number of nitrogens with zero attached hydrogens (tertiary/aromatic N) is 3. The zero-order chi connectivity index (χ0) is 23.8. The van der Waals surface area contributed by atoms with Crippen molar-refractivity contribution in [1.82, 2.24) is 14.8 Å². The molecular formula is C24H31F3N4O2. The van der Waals surface area contributed by atoms with E-state index in [1.165, 1.54) is 0 Å². The van der Waals surface area contributed by atoms with Gasteiger partial charge in [-0.2, -0.15) is 13.2 Å². The van der Waals surface area contributed by atoms with Crippen LogP contribution in [0.15, 0.2) is 18.2 Å². The highest BCUT2D eigenvalue weighted by atomic mass is 19.4. The maximum Gasteiger partial charge on any atom is 0.389 e. The van der Waals surface area contributed by atoms with Crippen LogP contribution in [0.2, 0.25) is 0 Å². The molecule has 1 aromatic heterocycles. The summed E-state index contributed by atoms with van der Waals surface area (Å²) in [4.78, 5) is 12.8. The van der Waals surface area contributed by atoms with Gasteiger partial charge in [0.1, 0.15) is 11.6 Å². The van der Waals surface area contributed by atoms with E-state index in [1.807, 2.05) is 32.0 Å². The molecule has 2 aliphatic carbocycles. The first-order valence-corrected chi connectivity index (χ1v) is 11.6. The quantitative estimate of drug-likeness (QED) is 0.537. The molecule has 2 N–H and O–H groups in total. The van der Waals surface area contributed by atoms with Gasteiger partial charge in [-0.15, -0.1) is 10.2 Å². The lowest BCUT2D eigenvalue weighted by Crippen LogP contribution is -2.29. The summed E-state index contributed by atoms with van der Waals surface area (Å²) in [6, 6.07) is 6.05. The summed E-state index contributed by atoms with van der Waals surface area (Å²) >= 11 is 0. The van der Waals surface area contributed by atoms with Crippen LogP contribution in [0.1, 0.15) is 85.6 Å². The minimum Gasteiger partial charge on any atom is -0.396 e. The van der Waals surface area contributed by atoms with Gasteiger partial charge >= 0.3 is 6.18 Å². The highest BCUT2D eigenvalue weighted by Crippen LogP contribution is 2.49.